The Bertz CT molecular complexity index is 1210. The van der Waals surface area contributed by atoms with Gasteiger partial charge in [-0.25, -0.2) is 0 Å². The highest BCUT2D eigenvalue weighted by atomic mass is 19.4. The van der Waals surface area contributed by atoms with E-state index in [0.717, 1.165) is 37.3 Å². The van der Waals surface area contributed by atoms with E-state index in [1.54, 1.807) is 12.1 Å². The van der Waals surface area contributed by atoms with Gasteiger partial charge in [0.15, 0.2) is 0 Å². The number of nitrogens with one attached hydrogen (secondary N) is 1. The van der Waals surface area contributed by atoms with Crippen molar-refractivity contribution in [2.24, 2.45) is 11.8 Å². The molecule has 2 fully saturated rings. The lowest BCUT2D eigenvalue weighted by Crippen LogP contribution is -2.44. The first-order chi connectivity index (χ1) is 16.7. The molecule has 35 heavy (non-hydrogen) atoms. The highest BCUT2D eigenvalue weighted by Gasteiger charge is 2.53. The van der Waals surface area contributed by atoms with Gasteiger partial charge in [0.1, 0.15) is 11.4 Å². The molecule has 1 amide bonds. The molecule has 0 aliphatic heterocycles. The number of rotatable bonds is 6. The summed E-state index contributed by atoms with van der Waals surface area (Å²) in [6.07, 6.45) is -0.254. The zero-order chi connectivity index (χ0) is 24.6. The molecule has 0 spiro atoms. The molecule has 3 N–H and O–H groups in total. The highest BCUT2D eigenvalue weighted by Crippen LogP contribution is 2.54. The molecule has 0 heterocycles. The van der Waals surface area contributed by atoms with Crippen LogP contribution in [0.2, 0.25) is 0 Å². The molecule has 0 radical (unpaired) electrons. The van der Waals surface area contributed by atoms with Gasteiger partial charge in [-0.2, -0.15) is 13.2 Å². The molecule has 2 bridgehead atoms. The number of benzene rings is 3. The van der Waals surface area contributed by atoms with Crippen LogP contribution in [0.25, 0.3) is 0 Å². The van der Waals surface area contributed by atoms with Gasteiger partial charge in [0.25, 0.3) is 5.91 Å². The topological polar surface area (TPSA) is 64.4 Å². The lowest BCUT2D eigenvalue weighted by Gasteiger charge is -2.39. The predicted molar refractivity (Wildman–Crippen MR) is 129 cm³/mol. The van der Waals surface area contributed by atoms with E-state index in [2.05, 4.69) is 5.32 Å². The summed E-state index contributed by atoms with van der Waals surface area (Å²) in [5, 5.41) is 2.55. The van der Waals surface area contributed by atoms with Gasteiger partial charge in [-0.1, -0.05) is 30.3 Å². The molecular weight excluding hydrogens is 453 g/mol. The van der Waals surface area contributed by atoms with Crippen LogP contribution in [-0.2, 0) is 12.6 Å². The summed E-state index contributed by atoms with van der Waals surface area (Å²) in [5.41, 5.74) is 5.99. The minimum Gasteiger partial charge on any atom is -0.486 e. The Morgan fingerprint density at radius 1 is 1.03 bits per heavy atom. The molecule has 2 aliphatic rings. The standard InChI is InChI=1S/C28H27F3N2O2/c29-28(30,31)24-15-23(33-26(34)20-7-10-22(32)11-8-20)12-13-25(24)35-27(16-18-4-2-1-3-5-18)17-19-6-9-21(27)14-19/h1-5,7-8,10-13,15,19,21H,6,9,14,16-17,32H2,(H,33,34). The average Bonchev–Trinajstić information content (AvgIpc) is 3.42. The molecule has 0 saturated heterocycles. The number of hydrogen-bond donors (Lipinski definition) is 2. The van der Waals surface area contributed by atoms with Crippen molar-refractivity contribution in [3.63, 3.8) is 0 Å². The Labute approximate surface area is 202 Å². The Morgan fingerprint density at radius 2 is 1.77 bits per heavy atom. The minimum atomic E-state index is -4.64. The van der Waals surface area contributed by atoms with Gasteiger partial charge in [-0.15, -0.1) is 0 Å². The molecule has 3 unspecified atom stereocenters. The van der Waals surface area contributed by atoms with Crippen molar-refractivity contribution in [2.45, 2.75) is 43.9 Å². The van der Waals surface area contributed by atoms with Crippen LogP contribution < -0.4 is 15.8 Å². The summed E-state index contributed by atoms with van der Waals surface area (Å²) in [6.45, 7) is 0. The van der Waals surface area contributed by atoms with Gasteiger partial charge in [0.05, 0.1) is 5.56 Å². The summed E-state index contributed by atoms with van der Waals surface area (Å²) in [7, 11) is 0. The van der Waals surface area contributed by atoms with Gasteiger partial charge in [-0.3, -0.25) is 4.79 Å². The van der Waals surface area contributed by atoms with Crippen molar-refractivity contribution in [1.29, 1.82) is 0 Å². The van der Waals surface area contributed by atoms with E-state index in [1.807, 2.05) is 30.3 Å². The van der Waals surface area contributed by atoms with Crippen LogP contribution in [0.4, 0.5) is 24.5 Å². The van der Waals surface area contributed by atoms with Gasteiger partial charge in [0, 0.05) is 23.4 Å². The molecular formula is C28H27F3N2O2. The molecule has 2 aliphatic carbocycles. The van der Waals surface area contributed by atoms with E-state index >= 15 is 0 Å². The fourth-order valence-electron chi connectivity index (χ4n) is 5.69. The molecule has 2 saturated carbocycles. The smallest absolute Gasteiger partial charge is 0.420 e. The van der Waals surface area contributed by atoms with Crippen molar-refractivity contribution >= 4 is 17.3 Å². The van der Waals surface area contributed by atoms with Crippen molar-refractivity contribution in [3.05, 3.63) is 89.5 Å². The van der Waals surface area contributed by atoms with E-state index < -0.39 is 23.2 Å². The largest absolute Gasteiger partial charge is 0.486 e. The SMILES string of the molecule is Nc1ccc(C(=O)Nc2ccc(OC3(Cc4ccccc4)CC4CCC3C4)c(C(F)(F)F)c2)cc1. The summed E-state index contributed by atoms with van der Waals surface area (Å²) in [4.78, 5) is 12.5. The number of halogens is 3. The Hall–Kier alpha value is -3.48. The Kier molecular flexibility index (Phi) is 5.95. The molecule has 0 aromatic heterocycles. The first-order valence-electron chi connectivity index (χ1n) is 11.8. The normalized spacial score (nSPS) is 23.3. The van der Waals surface area contributed by atoms with E-state index in [-0.39, 0.29) is 17.4 Å². The first kappa shape index (κ1) is 23.3. The fraction of sp³-hybridized carbons (Fsp3) is 0.321. The summed E-state index contributed by atoms with van der Waals surface area (Å²) >= 11 is 0. The summed E-state index contributed by atoms with van der Waals surface area (Å²) in [6, 6.07) is 19.7. The second-order valence-electron chi connectivity index (χ2n) is 9.69. The van der Waals surface area contributed by atoms with Gasteiger partial charge < -0.3 is 15.8 Å². The van der Waals surface area contributed by atoms with Crippen LogP contribution in [0.15, 0.2) is 72.8 Å². The van der Waals surface area contributed by atoms with Crippen molar-refractivity contribution in [2.75, 3.05) is 11.1 Å². The second kappa shape index (κ2) is 8.95. The molecule has 7 heteroatoms. The van der Waals surface area contributed by atoms with Crippen molar-refractivity contribution in [3.8, 4) is 5.75 Å². The number of carbonyl (C=O) groups is 1. The number of nitrogens with two attached hydrogens (primary N) is 1. The molecule has 3 atom stereocenters. The van der Waals surface area contributed by atoms with Crippen LogP contribution in [0.1, 0.15) is 47.2 Å². The number of nitrogen functional groups attached to an aromatic ring is 1. The lowest BCUT2D eigenvalue weighted by atomic mass is 9.79. The Morgan fingerprint density at radius 3 is 2.40 bits per heavy atom. The van der Waals surface area contributed by atoms with Crippen LogP contribution >= 0.6 is 0 Å². The number of amides is 1. The number of hydrogen-bond acceptors (Lipinski definition) is 3. The molecule has 4 nitrogen and oxygen atoms in total. The maximum atomic E-state index is 14.1. The van der Waals surface area contributed by atoms with E-state index in [0.29, 0.717) is 23.6 Å². The number of fused-ring (bicyclic) bond motifs is 2. The molecule has 182 valence electrons. The summed E-state index contributed by atoms with van der Waals surface area (Å²) in [5.74, 6) is 0.00196. The molecule has 3 aromatic carbocycles. The quantitative estimate of drug-likeness (QED) is 0.385. The van der Waals surface area contributed by atoms with Crippen LogP contribution in [0.5, 0.6) is 5.75 Å². The van der Waals surface area contributed by atoms with E-state index in [9.17, 15) is 18.0 Å². The lowest BCUT2D eigenvalue weighted by molar-refractivity contribution is -0.140. The number of ether oxygens (including phenoxy) is 1. The first-order valence-corrected chi connectivity index (χ1v) is 11.8. The van der Waals surface area contributed by atoms with E-state index in [4.69, 9.17) is 10.5 Å². The van der Waals surface area contributed by atoms with Crippen molar-refractivity contribution < 1.29 is 22.7 Å². The van der Waals surface area contributed by atoms with Crippen molar-refractivity contribution in [1.82, 2.24) is 0 Å². The minimum absolute atomic E-state index is 0.0524. The monoisotopic (exact) mass is 480 g/mol. The number of carbonyl (C=O) groups excluding carboxylic acids is 1. The average molecular weight is 481 g/mol. The van der Waals surface area contributed by atoms with Crippen LogP contribution in [-0.4, -0.2) is 11.5 Å². The van der Waals surface area contributed by atoms with Crippen LogP contribution in [0.3, 0.4) is 0 Å². The molecule has 5 rings (SSSR count). The Balaban J connectivity index is 1.44. The summed E-state index contributed by atoms with van der Waals surface area (Å²) < 4.78 is 48.8. The zero-order valence-electron chi connectivity index (χ0n) is 19.1. The highest BCUT2D eigenvalue weighted by molar-refractivity contribution is 6.04. The zero-order valence-corrected chi connectivity index (χ0v) is 19.1. The van der Waals surface area contributed by atoms with Gasteiger partial charge >= 0.3 is 6.18 Å². The molecule has 3 aromatic rings. The maximum Gasteiger partial charge on any atom is 0.420 e. The number of alkyl halides is 3. The second-order valence-corrected chi connectivity index (χ2v) is 9.69. The van der Waals surface area contributed by atoms with E-state index in [1.165, 1.54) is 24.3 Å². The predicted octanol–water partition coefficient (Wildman–Crippen LogP) is 6.72. The van der Waals surface area contributed by atoms with Crippen LogP contribution in [0, 0.1) is 11.8 Å². The van der Waals surface area contributed by atoms with Gasteiger partial charge in [0.2, 0.25) is 0 Å². The third-order valence-electron chi connectivity index (χ3n) is 7.29. The number of anilines is 2. The maximum absolute atomic E-state index is 14.1. The third kappa shape index (κ3) is 4.85. The third-order valence-corrected chi connectivity index (χ3v) is 7.29. The van der Waals surface area contributed by atoms with Gasteiger partial charge in [-0.05, 0) is 85.5 Å². The fourth-order valence-corrected chi connectivity index (χ4v) is 5.69.